The van der Waals surface area contributed by atoms with Gasteiger partial charge in [-0.3, -0.25) is 4.79 Å². The summed E-state index contributed by atoms with van der Waals surface area (Å²) in [5.41, 5.74) is 4.27. The van der Waals surface area contributed by atoms with Crippen molar-refractivity contribution >= 4 is 5.78 Å². The van der Waals surface area contributed by atoms with Crippen LogP contribution < -0.4 is 0 Å². The third-order valence-electron chi connectivity index (χ3n) is 31.3. The molecule has 1 nitrogen and oxygen atoms in total. The van der Waals surface area contributed by atoms with Crippen LogP contribution in [0.4, 0.5) is 4.39 Å². The van der Waals surface area contributed by atoms with E-state index in [1.54, 1.807) is 116 Å². The molecule has 79 heavy (non-hydrogen) atoms. The summed E-state index contributed by atoms with van der Waals surface area (Å²) in [6.45, 7) is 26.0. The van der Waals surface area contributed by atoms with Gasteiger partial charge in [0.2, 0.25) is 0 Å². The van der Waals surface area contributed by atoms with Gasteiger partial charge in [0.1, 0.15) is 11.5 Å². The summed E-state index contributed by atoms with van der Waals surface area (Å²) in [5.74, 6) is 24.6. The van der Waals surface area contributed by atoms with Crippen LogP contribution in [0.1, 0.15) is 300 Å². The standard InChI is InChI=1S/C10H18.C10H16.C9H16.C7H11F.C7H10O.C7H10.3C6H10.C5H8.C4H6/c2*1-7-8-4-5-9(6-8)10(7,2)3;1-8(2)7-4-5-9(8,3)6-7;8-7-3-1-6(5-7)2-4-7;8-7-4-5-1-2-6(7)3-5;1-4-2-6-5(1)7(6)3-4;1-6-2-5(3-6)4-6;1-2-6-3-5(1)4-6;1-2-5-4-6(5)3-1;1-2-5-3-4(1)5;1-3-2-4(1)3/h7-9H,4-6H2,1-3H3;8-9H,1,4-6H2,2-3H3;7H,4-6H2,1-3H3;6H,1-5H2;5-6H,1-4H2;4-7H,1-3H2;5H,2-4H2,1H3;2*5-6H,1-4H2;4-5H,1-3H2;3-4H,1-2H2. The molecule has 0 aromatic rings. The van der Waals surface area contributed by atoms with Gasteiger partial charge < -0.3 is 0 Å². The summed E-state index contributed by atoms with van der Waals surface area (Å²) in [5, 5.41) is 0. The Kier molecular flexibility index (Phi) is 15.7. The second-order valence-electron chi connectivity index (χ2n) is 37.0. The normalized spacial score (nSPS) is 53.6. The molecule has 27 rings (SSSR count). The maximum Gasteiger partial charge on any atom is 0.136 e. The van der Waals surface area contributed by atoms with E-state index >= 15 is 0 Å². The molecule has 13 atom stereocenters. The summed E-state index contributed by atoms with van der Waals surface area (Å²) in [6.07, 6.45) is 52.9. The average Bonchev–Trinajstić information content (AvgIpc) is 4.31. The van der Waals surface area contributed by atoms with Gasteiger partial charge in [-0.05, 0) is 350 Å². The topological polar surface area (TPSA) is 17.1 Å². The first-order chi connectivity index (χ1) is 37.5. The molecule has 0 spiro atoms. The smallest absolute Gasteiger partial charge is 0.136 e. The molecular formula is C77H125FO. The summed E-state index contributed by atoms with van der Waals surface area (Å²) in [4.78, 5) is 10.8. The molecular weight excluding hydrogens is 960 g/mol. The van der Waals surface area contributed by atoms with Crippen molar-refractivity contribution in [2.45, 2.75) is 306 Å². The molecule has 13 unspecified atom stereocenters. The first-order valence-electron chi connectivity index (χ1n) is 36.4. The van der Waals surface area contributed by atoms with Crippen molar-refractivity contribution in [1.82, 2.24) is 0 Å². The van der Waals surface area contributed by atoms with Gasteiger partial charge in [0.25, 0.3) is 0 Å². The molecule has 27 saturated carbocycles. The van der Waals surface area contributed by atoms with Crippen LogP contribution in [0.5, 0.6) is 0 Å². The number of hydrogen-bond acceptors (Lipinski definition) is 1. The Balaban J connectivity index is 0.0000000829. The summed E-state index contributed by atoms with van der Waals surface area (Å²) in [7, 11) is 0. The second-order valence-corrected chi connectivity index (χ2v) is 37.0. The molecule has 0 N–H and O–H groups in total. The lowest BCUT2D eigenvalue weighted by atomic mass is 9.46. The number of hydrogen-bond donors (Lipinski definition) is 0. The predicted octanol–water partition coefficient (Wildman–Crippen LogP) is 22.1. The third-order valence-corrected chi connectivity index (χ3v) is 31.3. The zero-order valence-electron chi connectivity index (χ0n) is 53.4. The number of allylic oxidation sites excluding steroid dienone is 1. The van der Waals surface area contributed by atoms with E-state index in [0.29, 0.717) is 27.9 Å². The molecule has 0 aromatic carbocycles. The summed E-state index contributed by atoms with van der Waals surface area (Å²) >= 11 is 0. The van der Waals surface area contributed by atoms with Gasteiger partial charge in [-0.1, -0.05) is 107 Å². The highest BCUT2D eigenvalue weighted by molar-refractivity contribution is 5.84. The van der Waals surface area contributed by atoms with E-state index in [1.165, 1.54) is 166 Å². The molecule has 2 heteroatoms. The number of halogens is 1. The monoisotopic (exact) mass is 1080 g/mol. The Morgan fingerprint density at radius 1 is 0.418 bits per heavy atom. The minimum Gasteiger partial charge on any atom is -0.299 e. The van der Waals surface area contributed by atoms with Crippen molar-refractivity contribution in [2.75, 3.05) is 0 Å². The van der Waals surface area contributed by atoms with Crippen molar-refractivity contribution in [3.63, 3.8) is 0 Å². The molecule has 446 valence electrons. The molecule has 0 aliphatic heterocycles. The highest BCUT2D eigenvalue weighted by atomic mass is 19.1. The Morgan fingerprint density at radius 3 is 1.10 bits per heavy atom. The predicted molar refractivity (Wildman–Crippen MR) is 329 cm³/mol. The van der Waals surface area contributed by atoms with E-state index in [0.717, 1.165) is 96.7 Å². The second kappa shape index (κ2) is 21.6. The fourth-order valence-electron chi connectivity index (χ4n) is 22.9. The number of carbonyl (C=O) groups is 1. The number of carbonyl (C=O) groups excluding carboxylic acids is 1. The van der Waals surface area contributed by atoms with Crippen molar-refractivity contribution in [2.24, 2.45) is 157 Å². The maximum atomic E-state index is 13.1. The number of fused-ring (bicyclic) bond motifs is 13. The van der Waals surface area contributed by atoms with Gasteiger partial charge in [-0.25, -0.2) is 4.39 Å². The minimum absolute atomic E-state index is 0.475. The summed E-state index contributed by atoms with van der Waals surface area (Å²) in [6, 6.07) is 0. The van der Waals surface area contributed by atoms with E-state index in [9.17, 15) is 9.18 Å². The van der Waals surface area contributed by atoms with Crippen LogP contribution in [-0.2, 0) is 4.79 Å². The van der Waals surface area contributed by atoms with Gasteiger partial charge in [0.05, 0.1) is 0 Å². The van der Waals surface area contributed by atoms with Crippen molar-refractivity contribution in [3.05, 3.63) is 12.2 Å². The van der Waals surface area contributed by atoms with Crippen LogP contribution in [0.25, 0.3) is 0 Å². The van der Waals surface area contributed by atoms with E-state index in [-0.39, 0.29) is 0 Å². The lowest BCUT2D eigenvalue weighted by Gasteiger charge is -2.60. The molecule has 0 heterocycles. The zero-order chi connectivity index (χ0) is 55.0. The number of Topliss-reactive ketones (excluding diaryl/α,β-unsaturated/α-hetero) is 1. The van der Waals surface area contributed by atoms with E-state index in [4.69, 9.17) is 0 Å². The van der Waals surface area contributed by atoms with E-state index in [1.807, 2.05) is 0 Å². The quantitative estimate of drug-likeness (QED) is 0.221. The summed E-state index contributed by atoms with van der Waals surface area (Å²) < 4.78 is 13.1. The molecule has 18 bridgehead atoms. The molecule has 27 aliphatic rings. The van der Waals surface area contributed by atoms with Crippen LogP contribution in [0, 0.1) is 157 Å². The Morgan fingerprint density at radius 2 is 0.937 bits per heavy atom. The molecule has 0 radical (unpaired) electrons. The van der Waals surface area contributed by atoms with Crippen LogP contribution in [0.2, 0.25) is 0 Å². The highest BCUT2D eigenvalue weighted by Gasteiger charge is 2.63. The molecule has 27 fully saturated rings. The van der Waals surface area contributed by atoms with Crippen molar-refractivity contribution in [3.8, 4) is 0 Å². The van der Waals surface area contributed by atoms with Crippen molar-refractivity contribution in [1.29, 1.82) is 0 Å². The van der Waals surface area contributed by atoms with Gasteiger partial charge in [0.15, 0.2) is 0 Å². The van der Waals surface area contributed by atoms with Crippen LogP contribution >= 0.6 is 0 Å². The van der Waals surface area contributed by atoms with Crippen LogP contribution in [-0.4, -0.2) is 11.5 Å². The van der Waals surface area contributed by atoms with Gasteiger partial charge in [0, 0.05) is 12.3 Å². The van der Waals surface area contributed by atoms with Crippen LogP contribution in [0.15, 0.2) is 12.2 Å². The highest BCUT2D eigenvalue weighted by Crippen LogP contribution is 2.71. The Labute approximate surface area is 487 Å². The molecule has 0 aromatic heterocycles. The van der Waals surface area contributed by atoms with E-state index < -0.39 is 5.67 Å². The average molecular weight is 1090 g/mol. The Hall–Kier alpha value is -0.660. The van der Waals surface area contributed by atoms with Crippen LogP contribution in [0.3, 0.4) is 0 Å². The lowest BCUT2D eigenvalue weighted by molar-refractivity contribution is -0.121. The first-order valence-corrected chi connectivity index (χ1v) is 36.4. The van der Waals surface area contributed by atoms with Crippen molar-refractivity contribution < 1.29 is 9.18 Å². The SMILES string of the molecule is C1C2CC12.C1C2CC3C1C3C2.C1CC2CC12.C1CC2CC1C2.C1CC2CC2C1.C=C1C2CCC(C2)C1(C)C.CC12CC(C1)C2.CC12CCC(C1)C2(C)C.CC1C2CCC(C2)C1(C)C.FC12CCC(CC1)C2.O=C1CC2CCC1C2. The fourth-order valence-corrected chi connectivity index (χ4v) is 22.9. The molecule has 0 amide bonds. The van der Waals surface area contributed by atoms with E-state index in [2.05, 4.69) is 68.9 Å². The zero-order valence-corrected chi connectivity index (χ0v) is 53.4. The lowest BCUT2D eigenvalue weighted by Crippen LogP contribution is -2.48. The van der Waals surface area contributed by atoms with Gasteiger partial charge in [-0.2, -0.15) is 0 Å². The number of alkyl halides is 1. The fraction of sp³-hybridized carbons (Fsp3) is 0.961. The minimum atomic E-state index is -0.690. The first kappa shape index (κ1) is 57.4. The maximum absolute atomic E-state index is 13.1. The number of ketones is 1. The molecule has 27 aliphatic carbocycles. The van der Waals surface area contributed by atoms with Gasteiger partial charge in [-0.15, -0.1) is 0 Å². The van der Waals surface area contributed by atoms with Gasteiger partial charge >= 0.3 is 0 Å². The third kappa shape index (κ3) is 12.1. The number of rotatable bonds is 0. The molecule has 0 saturated heterocycles. The largest absolute Gasteiger partial charge is 0.299 e. The Bertz CT molecular complexity index is 2060.